The summed E-state index contributed by atoms with van der Waals surface area (Å²) in [4.78, 5) is 5.23. The lowest BCUT2D eigenvalue weighted by Gasteiger charge is -2.01. The summed E-state index contributed by atoms with van der Waals surface area (Å²) in [6.07, 6.45) is 4.58. The predicted octanol–water partition coefficient (Wildman–Crippen LogP) is 0.690. The molecule has 0 aromatic rings. The molecule has 1 aliphatic heterocycles. The van der Waals surface area contributed by atoms with E-state index in [9.17, 15) is 0 Å². The number of hydroxylamine groups is 1. The minimum atomic E-state index is 0.565. The molecule has 0 aromatic carbocycles. The third-order valence-electron chi connectivity index (χ3n) is 2.17. The Balaban J connectivity index is 2.04. The molecule has 0 aromatic heterocycles. The summed E-state index contributed by atoms with van der Waals surface area (Å²) in [5.41, 5.74) is 2.92. The molecule has 2 rings (SSSR count). The molecule has 0 bridgehead atoms. The Kier molecular flexibility index (Phi) is 1.02. The van der Waals surface area contributed by atoms with Crippen molar-refractivity contribution in [3.63, 3.8) is 0 Å². The van der Waals surface area contributed by atoms with Crippen LogP contribution < -0.4 is 5.48 Å². The Hall–Kier alpha value is -0.0800. The summed E-state index contributed by atoms with van der Waals surface area (Å²) in [5, 5.41) is 0. The largest absolute Gasteiger partial charge is 0.298 e. The first-order chi connectivity index (χ1) is 3.97. The molecule has 0 spiro atoms. The molecular formula is C6H11NO. The van der Waals surface area contributed by atoms with Gasteiger partial charge in [0.05, 0.1) is 6.10 Å². The van der Waals surface area contributed by atoms with E-state index in [4.69, 9.17) is 4.84 Å². The minimum absolute atomic E-state index is 0.565. The van der Waals surface area contributed by atoms with Crippen LogP contribution in [0.4, 0.5) is 0 Å². The fraction of sp³-hybridized carbons (Fsp3) is 1.00. The monoisotopic (exact) mass is 113 g/mol. The molecule has 2 aliphatic rings. The van der Waals surface area contributed by atoms with Gasteiger partial charge in [0.15, 0.2) is 0 Å². The van der Waals surface area contributed by atoms with Gasteiger partial charge < -0.3 is 0 Å². The van der Waals surface area contributed by atoms with E-state index in [2.05, 4.69) is 5.48 Å². The molecule has 2 nitrogen and oxygen atoms in total. The van der Waals surface area contributed by atoms with Gasteiger partial charge in [0.1, 0.15) is 0 Å². The lowest BCUT2D eigenvalue weighted by Crippen LogP contribution is -2.08. The van der Waals surface area contributed by atoms with Crippen molar-refractivity contribution >= 4 is 0 Å². The van der Waals surface area contributed by atoms with Crippen LogP contribution in [0.25, 0.3) is 0 Å². The quantitative estimate of drug-likeness (QED) is 0.499. The maximum absolute atomic E-state index is 5.23. The molecule has 1 saturated heterocycles. The number of nitrogens with one attached hydrogen (secondary N) is 1. The predicted molar refractivity (Wildman–Crippen MR) is 30.2 cm³/mol. The second kappa shape index (κ2) is 1.71. The van der Waals surface area contributed by atoms with E-state index >= 15 is 0 Å². The van der Waals surface area contributed by atoms with Crippen LogP contribution in [0.5, 0.6) is 0 Å². The Bertz CT molecular complexity index is 74.5. The van der Waals surface area contributed by atoms with Crippen molar-refractivity contribution in [2.24, 2.45) is 5.92 Å². The van der Waals surface area contributed by atoms with Gasteiger partial charge in [-0.05, 0) is 12.8 Å². The molecular weight excluding hydrogens is 102 g/mol. The highest BCUT2D eigenvalue weighted by atomic mass is 16.7. The van der Waals surface area contributed by atoms with Gasteiger partial charge in [-0.2, -0.15) is 0 Å². The molecule has 0 unspecified atom stereocenters. The van der Waals surface area contributed by atoms with Gasteiger partial charge in [-0.3, -0.25) is 4.84 Å². The molecule has 2 heteroatoms. The minimum Gasteiger partial charge on any atom is -0.298 e. The molecule has 46 valence electrons. The van der Waals surface area contributed by atoms with E-state index in [0.717, 1.165) is 12.5 Å². The first kappa shape index (κ1) is 4.77. The van der Waals surface area contributed by atoms with Gasteiger partial charge >= 0.3 is 0 Å². The first-order valence-electron chi connectivity index (χ1n) is 3.35. The molecule has 1 saturated carbocycles. The molecule has 0 amide bonds. The zero-order chi connectivity index (χ0) is 5.40. The van der Waals surface area contributed by atoms with Crippen molar-refractivity contribution in [1.29, 1.82) is 0 Å². The SMILES string of the molecule is C1C[C@@H]2CNO[C@@H]2C1. The molecule has 1 N–H and O–H groups in total. The Labute approximate surface area is 49.2 Å². The normalized spacial score (nSPS) is 45.0. The number of hydrogen-bond acceptors (Lipinski definition) is 2. The van der Waals surface area contributed by atoms with Gasteiger partial charge in [0, 0.05) is 12.5 Å². The smallest absolute Gasteiger partial charge is 0.0831 e. The van der Waals surface area contributed by atoms with Crippen molar-refractivity contribution in [1.82, 2.24) is 5.48 Å². The zero-order valence-electron chi connectivity index (χ0n) is 4.89. The van der Waals surface area contributed by atoms with Gasteiger partial charge in [-0.25, -0.2) is 5.48 Å². The highest BCUT2D eigenvalue weighted by Gasteiger charge is 2.32. The van der Waals surface area contributed by atoms with E-state index in [1.807, 2.05) is 0 Å². The molecule has 8 heavy (non-hydrogen) atoms. The van der Waals surface area contributed by atoms with Crippen LogP contribution in [0.15, 0.2) is 0 Å². The van der Waals surface area contributed by atoms with E-state index in [1.54, 1.807) is 0 Å². The molecule has 1 heterocycles. The van der Waals surface area contributed by atoms with E-state index in [0.29, 0.717) is 6.10 Å². The second-order valence-corrected chi connectivity index (χ2v) is 2.70. The lowest BCUT2D eigenvalue weighted by atomic mass is 10.1. The third-order valence-corrected chi connectivity index (χ3v) is 2.17. The summed E-state index contributed by atoms with van der Waals surface area (Å²) >= 11 is 0. The summed E-state index contributed by atoms with van der Waals surface area (Å²) in [7, 11) is 0. The summed E-state index contributed by atoms with van der Waals surface area (Å²) in [6, 6.07) is 0. The van der Waals surface area contributed by atoms with Crippen molar-refractivity contribution in [2.45, 2.75) is 25.4 Å². The van der Waals surface area contributed by atoms with Crippen LogP contribution >= 0.6 is 0 Å². The Morgan fingerprint density at radius 1 is 1.38 bits per heavy atom. The topological polar surface area (TPSA) is 21.3 Å². The molecule has 2 fully saturated rings. The second-order valence-electron chi connectivity index (χ2n) is 2.70. The van der Waals surface area contributed by atoms with Gasteiger partial charge in [-0.15, -0.1) is 0 Å². The summed E-state index contributed by atoms with van der Waals surface area (Å²) in [5.74, 6) is 0.843. The highest BCUT2D eigenvalue weighted by molar-refractivity contribution is 4.81. The Morgan fingerprint density at radius 3 is 3.25 bits per heavy atom. The third kappa shape index (κ3) is 0.565. The number of fused-ring (bicyclic) bond motifs is 1. The molecule has 2 atom stereocenters. The van der Waals surface area contributed by atoms with Gasteiger partial charge in [-0.1, -0.05) is 6.42 Å². The molecule has 0 radical (unpaired) electrons. The van der Waals surface area contributed by atoms with Crippen LogP contribution in [0.3, 0.4) is 0 Å². The van der Waals surface area contributed by atoms with E-state index in [1.165, 1.54) is 19.3 Å². The number of rotatable bonds is 0. The molecule has 1 aliphatic carbocycles. The van der Waals surface area contributed by atoms with Gasteiger partial charge in [0.2, 0.25) is 0 Å². The first-order valence-corrected chi connectivity index (χ1v) is 3.35. The van der Waals surface area contributed by atoms with Crippen LogP contribution in [0.2, 0.25) is 0 Å². The van der Waals surface area contributed by atoms with Crippen molar-refractivity contribution in [3.8, 4) is 0 Å². The standard InChI is InChI=1S/C6H11NO/c1-2-5-4-7-8-6(5)3-1/h5-7H,1-4H2/t5-,6-/m1/s1. The van der Waals surface area contributed by atoms with Crippen molar-refractivity contribution in [2.75, 3.05) is 6.54 Å². The number of hydrogen-bond donors (Lipinski definition) is 1. The highest BCUT2D eigenvalue weighted by Crippen LogP contribution is 2.30. The van der Waals surface area contributed by atoms with Crippen LogP contribution in [-0.4, -0.2) is 12.6 Å². The zero-order valence-corrected chi connectivity index (χ0v) is 4.89. The average Bonchev–Trinajstić information content (AvgIpc) is 2.15. The Morgan fingerprint density at radius 2 is 2.38 bits per heavy atom. The fourth-order valence-electron chi connectivity index (χ4n) is 1.65. The summed E-state index contributed by atoms with van der Waals surface area (Å²) in [6.45, 7) is 1.09. The van der Waals surface area contributed by atoms with Crippen molar-refractivity contribution < 1.29 is 4.84 Å². The van der Waals surface area contributed by atoms with Crippen LogP contribution in [0.1, 0.15) is 19.3 Å². The van der Waals surface area contributed by atoms with Crippen molar-refractivity contribution in [3.05, 3.63) is 0 Å². The van der Waals surface area contributed by atoms with E-state index < -0.39 is 0 Å². The van der Waals surface area contributed by atoms with Crippen LogP contribution in [-0.2, 0) is 4.84 Å². The maximum Gasteiger partial charge on any atom is 0.0831 e. The lowest BCUT2D eigenvalue weighted by molar-refractivity contribution is 0.0301. The van der Waals surface area contributed by atoms with E-state index in [-0.39, 0.29) is 0 Å². The van der Waals surface area contributed by atoms with Gasteiger partial charge in [0.25, 0.3) is 0 Å². The summed E-state index contributed by atoms with van der Waals surface area (Å²) < 4.78 is 0. The maximum atomic E-state index is 5.23. The average molecular weight is 113 g/mol. The van der Waals surface area contributed by atoms with Crippen LogP contribution in [0, 0.1) is 5.92 Å². The fourth-order valence-corrected chi connectivity index (χ4v) is 1.65.